The van der Waals surface area contributed by atoms with Crippen LogP contribution in [0.2, 0.25) is 0 Å². The lowest BCUT2D eigenvalue weighted by atomic mass is 10.1. The Morgan fingerprint density at radius 3 is 2.46 bits per heavy atom. The van der Waals surface area contributed by atoms with E-state index in [9.17, 15) is 14.0 Å². The fourth-order valence-corrected chi connectivity index (χ4v) is 1.99. The van der Waals surface area contributed by atoms with Gasteiger partial charge < -0.3 is 14.8 Å². The molecule has 0 aliphatic rings. The summed E-state index contributed by atoms with van der Waals surface area (Å²) in [6.07, 6.45) is 0.0601. The molecule has 2 aromatic rings. The van der Waals surface area contributed by atoms with E-state index in [1.807, 2.05) is 0 Å². The number of halogens is 1. The molecule has 1 amide bonds. The van der Waals surface area contributed by atoms with Crippen LogP contribution in [0, 0.1) is 5.82 Å². The van der Waals surface area contributed by atoms with Gasteiger partial charge in [0.2, 0.25) is 0 Å². The highest BCUT2D eigenvalue weighted by Crippen LogP contribution is 2.12. The van der Waals surface area contributed by atoms with Gasteiger partial charge in [0.25, 0.3) is 5.91 Å². The summed E-state index contributed by atoms with van der Waals surface area (Å²) in [5, 5.41) is 2.50. The number of rotatable bonds is 7. The number of nitrogens with one attached hydrogen (secondary N) is 1. The highest BCUT2D eigenvalue weighted by Gasteiger charge is 2.09. The van der Waals surface area contributed by atoms with E-state index in [0.29, 0.717) is 11.3 Å². The van der Waals surface area contributed by atoms with E-state index in [1.54, 1.807) is 49.6 Å². The summed E-state index contributed by atoms with van der Waals surface area (Å²) >= 11 is 0. The minimum absolute atomic E-state index is 0.0432. The van der Waals surface area contributed by atoms with Gasteiger partial charge in [-0.1, -0.05) is 30.3 Å². The summed E-state index contributed by atoms with van der Waals surface area (Å²) in [6, 6.07) is 13.1. The van der Waals surface area contributed by atoms with E-state index in [0.717, 1.165) is 5.56 Å². The summed E-state index contributed by atoms with van der Waals surface area (Å²) in [4.78, 5) is 23.3. The van der Waals surface area contributed by atoms with Crippen molar-refractivity contribution in [3.63, 3.8) is 0 Å². The number of hydrogen-bond donors (Lipinski definition) is 1. The predicted octanol–water partition coefficient (Wildman–Crippen LogP) is 2.24. The molecule has 0 aromatic heterocycles. The van der Waals surface area contributed by atoms with Crippen LogP contribution >= 0.6 is 0 Å². The number of hydrogen-bond acceptors (Lipinski definition) is 4. The van der Waals surface area contributed by atoms with Crippen molar-refractivity contribution < 1.29 is 23.5 Å². The molecule has 2 aromatic carbocycles. The molecule has 0 saturated heterocycles. The van der Waals surface area contributed by atoms with Crippen molar-refractivity contribution >= 4 is 11.9 Å². The zero-order valence-corrected chi connectivity index (χ0v) is 13.3. The molecule has 0 heterocycles. The standard InChI is InChI=1S/C18H18FNO4/c1-23-15-8-6-13(7-9-15)10-18(22)24-12-17(21)20-11-14-4-2-3-5-16(14)19/h2-9H,10-12H2,1H3,(H,20,21). The molecule has 0 spiro atoms. The number of methoxy groups -OCH3 is 1. The molecule has 0 atom stereocenters. The third kappa shape index (κ3) is 5.39. The lowest BCUT2D eigenvalue weighted by molar-refractivity contribution is -0.147. The van der Waals surface area contributed by atoms with Gasteiger partial charge in [0.05, 0.1) is 13.5 Å². The second kappa shape index (κ2) is 8.67. The first-order chi connectivity index (χ1) is 11.6. The number of amides is 1. The second-order valence-electron chi connectivity index (χ2n) is 5.05. The molecule has 0 aliphatic heterocycles. The molecular weight excluding hydrogens is 313 g/mol. The second-order valence-corrected chi connectivity index (χ2v) is 5.05. The Kier molecular flexibility index (Phi) is 6.31. The summed E-state index contributed by atoms with van der Waals surface area (Å²) in [7, 11) is 1.56. The third-order valence-electron chi connectivity index (χ3n) is 3.31. The molecule has 5 nitrogen and oxygen atoms in total. The van der Waals surface area contributed by atoms with E-state index in [4.69, 9.17) is 9.47 Å². The third-order valence-corrected chi connectivity index (χ3v) is 3.31. The molecule has 0 bridgehead atoms. The first kappa shape index (κ1) is 17.5. The average Bonchev–Trinajstić information content (AvgIpc) is 2.60. The number of esters is 1. The van der Waals surface area contributed by atoms with Crippen molar-refractivity contribution in [3.05, 3.63) is 65.5 Å². The normalized spacial score (nSPS) is 10.1. The van der Waals surface area contributed by atoms with E-state index in [1.165, 1.54) is 6.07 Å². The Hall–Kier alpha value is -2.89. The van der Waals surface area contributed by atoms with Gasteiger partial charge in [0.15, 0.2) is 6.61 Å². The minimum atomic E-state index is -0.513. The fraction of sp³-hybridized carbons (Fsp3) is 0.222. The van der Waals surface area contributed by atoms with Crippen LogP contribution in [0.15, 0.2) is 48.5 Å². The largest absolute Gasteiger partial charge is 0.497 e. The lowest BCUT2D eigenvalue weighted by Crippen LogP contribution is -2.29. The maximum atomic E-state index is 13.4. The van der Waals surface area contributed by atoms with Crippen LogP contribution in [0.5, 0.6) is 5.75 Å². The topological polar surface area (TPSA) is 64.6 Å². The molecule has 0 aliphatic carbocycles. The molecule has 0 unspecified atom stereocenters. The Balaban J connectivity index is 1.72. The SMILES string of the molecule is COc1ccc(CC(=O)OCC(=O)NCc2ccccc2F)cc1. The van der Waals surface area contributed by atoms with Crippen LogP contribution in [0.4, 0.5) is 4.39 Å². The van der Waals surface area contributed by atoms with Gasteiger partial charge in [-0.2, -0.15) is 0 Å². The summed E-state index contributed by atoms with van der Waals surface area (Å²) in [5.74, 6) is -0.698. The Bertz CT molecular complexity index is 700. The number of benzene rings is 2. The monoisotopic (exact) mass is 331 g/mol. The van der Waals surface area contributed by atoms with Crippen molar-refractivity contribution in [3.8, 4) is 5.75 Å². The van der Waals surface area contributed by atoms with Gasteiger partial charge in [0.1, 0.15) is 11.6 Å². The van der Waals surface area contributed by atoms with Crippen molar-refractivity contribution in [2.24, 2.45) is 0 Å². The minimum Gasteiger partial charge on any atom is -0.497 e. The zero-order valence-electron chi connectivity index (χ0n) is 13.3. The quantitative estimate of drug-likeness (QED) is 0.790. The summed E-state index contributed by atoms with van der Waals surface area (Å²) < 4.78 is 23.3. The highest BCUT2D eigenvalue weighted by molar-refractivity contribution is 5.81. The molecule has 0 radical (unpaired) electrons. The maximum absolute atomic E-state index is 13.4. The van der Waals surface area contributed by atoms with E-state index in [-0.39, 0.29) is 13.0 Å². The molecule has 0 saturated carbocycles. The van der Waals surface area contributed by atoms with Gasteiger partial charge in [0, 0.05) is 12.1 Å². The zero-order chi connectivity index (χ0) is 17.4. The number of ether oxygens (including phenoxy) is 2. The Morgan fingerprint density at radius 1 is 1.08 bits per heavy atom. The average molecular weight is 331 g/mol. The Labute approximate surface area is 139 Å². The van der Waals surface area contributed by atoms with Gasteiger partial charge in [-0.25, -0.2) is 4.39 Å². The first-order valence-electron chi connectivity index (χ1n) is 7.37. The van der Waals surface area contributed by atoms with Crippen LogP contribution < -0.4 is 10.1 Å². The summed E-state index contributed by atoms with van der Waals surface area (Å²) in [5.41, 5.74) is 1.13. The van der Waals surface area contributed by atoms with Crippen LogP contribution in [0.1, 0.15) is 11.1 Å². The van der Waals surface area contributed by atoms with Gasteiger partial charge in [-0.15, -0.1) is 0 Å². The molecule has 1 N–H and O–H groups in total. The molecular formula is C18H18FNO4. The predicted molar refractivity (Wildman–Crippen MR) is 85.9 cm³/mol. The smallest absolute Gasteiger partial charge is 0.310 e. The van der Waals surface area contributed by atoms with Gasteiger partial charge >= 0.3 is 5.97 Å². The lowest BCUT2D eigenvalue weighted by Gasteiger charge is -2.08. The van der Waals surface area contributed by atoms with Crippen molar-refractivity contribution in [1.82, 2.24) is 5.32 Å². The van der Waals surface area contributed by atoms with Crippen molar-refractivity contribution in [2.45, 2.75) is 13.0 Å². The van der Waals surface area contributed by atoms with Crippen LogP contribution in [0.25, 0.3) is 0 Å². The molecule has 6 heteroatoms. The van der Waals surface area contributed by atoms with Crippen molar-refractivity contribution in [1.29, 1.82) is 0 Å². The molecule has 24 heavy (non-hydrogen) atoms. The van der Waals surface area contributed by atoms with Crippen molar-refractivity contribution in [2.75, 3.05) is 13.7 Å². The highest BCUT2D eigenvalue weighted by atomic mass is 19.1. The van der Waals surface area contributed by atoms with E-state index >= 15 is 0 Å². The maximum Gasteiger partial charge on any atom is 0.310 e. The number of carbonyl (C=O) groups excluding carboxylic acids is 2. The number of carbonyl (C=O) groups is 2. The van der Waals surface area contributed by atoms with Crippen LogP contribution in [-0.2, 0) is 27.3 Å². The van der Waals surface area contributed by atoms with E-state index in [2.05, 4.69) is 5.32 Å². The van der Waals surface area contributed by atoms with Gasteiger partial charge in [-0.3, -0.25) is 9.59 Å². The Morgan fingerprint density at radius 2 is 1.79 bits per heavy atom. The van der Waals surface area contributed by atoms with Gasteiger partial charge in [-0.05, 0) is 23.8 Å². The summed E-state index contributed by atoms with van der Waals surface area (Å²) in [6.45, 7) is -0.356. The van der Waals surface area contributed by atoms with Crippen LogP contribution in [0.3, 0.4) is 0 Å². The van der Waals surface area contributed by atoms with E-state index < -0.39 is 24.3 Å². The molecule has 2 rings (SSSR count). The first-order valence-corrected chi connectivity index (χ1v) is 7.37. The molecule has 126 valence electrons. The fourth-order valence-electron chi connectivity index (χ4n) is 1.99. The van der Waals surface area contributed by atoms with Crippen LogP contribution in [-0.4, -0.2) is 25.6 Å². The molecule has 0 fully saturated rings.